The molecule has 1 aliphatic carbocycles. The predicted molar refractivity (Wildman–Crippen MR) is 164 cm³/mol. The topological polar surface area (TPSA) is 96.3 Å². The second kappa shape index (κ2) is 11.8. The maximum absolute atomic E-state index is 13.7. The van der Waals surface area contributed by atoms with Gasteiger partial charge < -0.3 is 15.5 Å². The Morgan fingerprint density at radius 3 is 2.46 bits per heavy atom. The van der Waals surface area contributed by atoms with E-state index in [2.05, 4.69) is 35.5 Å². The molecule has 0 unspecified atom stereocenters. The fourth-order valence-corrected chi connectivity index (χ4v) is 5.81. The van der Waals surface area contributed by atoms with Gasteiger partial charge in [-0.1, -0.05) is 38.0 Å². The first-order valence-electron chi connectivity index (χ1n) is 13.3. The Bertz CT molecular complexity index is 1620. The number of anilines is 1. The van der Waals surface area contributed by atoms with Crippen LogP contribution in [0.5, 0.6) is 0 Å². The molecule has 1 aromatic carbocycles. The van der Waals surface area contributed by atoms with Crippen LogP contribution in [-0.4, -0.2) is 45.0 Å². The molecule has 1 aliphatic heterocycles. The molecule has 9 heteroatoms. The van der Waals surface area contributed by atoms with E-state index in [0.717, 1.165) is 34.5 Å². The Kier molecular flexibility index (Phi) is 7.98. The molecule has 8 nitrogen and oxygen atoms in total. The minimum absolute atomic E-state index is 0.0535. The predicted octanol–water partition coefficient (Wildman–Crippen LogP) is 5.61. The molecule has 2 N–H and O–H groups in total. The van der Waals surface area contributed by atoms with Crippen molar-refractivity contribution in [1.82, 2.24) is 20.0 Å². The molecule has 3 heterocycles. The number of rotatable bonds is 9. The zero-order valence-electron chi connectivity index (χ0n) is 22.9. The van der Waals surface area contributed by atoms with E-state index in [1.54, 1.807) is 71.3 Å². The summed E-state index contributed by atoms with van der Waals surface area (Å²) >= 11 is 1.42. The first-order chi connectivity index (χ1) is 19.8. The van der Waals surface area contributed by atoms with Gasteiger partial charge in [-0.15, -0.1) is 11.3 Å². The molecule has 1 fully saturated rings. The van der Waals surface area contributed by atoms with Crippen LogP contribution in [0, 0.1) is 0 Å². The molecule has 3 aromatic rings. The Balaban J connectivity index is 1.33. The number of thiophene rings is 1. The molecule has 1 saturated carbocycles. The van der Waals surface area contributed by atoms with Crippen molar-refractivity contribution in [1.29, 1.82) is 0 Å². The molecule has 0 radical (unpaired) electrons. The van der Waals surface area contributed by atoms with Gasteiger partial charge in [0.2, 0.25) is 0 Å². The van der Waals surface area contributed by atoms with Crippen molar-refractivity contribution in [3.05, 3.63) is 118 Å². The highest BCUT2D eigenvalue weighted by Gasteiger charge is 2.29. The van der Waals surface area contributed by atoms with E-state index < -0.39 is 0 Å². The third-order valence-electron chi connectivity index (χ3n) is 6.95. The lowest BCUT2D eigenvalue weighted by molar-refractivity contribution is 0.0813. The summed E-state index contributed by atoms with van der Waals surface area (Å²) in [5.41, 5.74) is 4.49. The molecule has 41 heavy (non-hydrogen) atoms. The average molecular weight is 566 g/mol. The third-order valence-corrected chi connectivity index (χ3v) is 8.15. The number of fused-ring (bicyclic) bond motifs is 1. The van der Waals surface area contributed by atoms with E-state index in [1.807, 2.05) is 12.1 Å². The number of hydrogen-bond donors (Lipinski definition) is 2. The number of hydrogen-bond acceptors (Lipinski definition) is 5. The molecule has 2 aromatic heterocycles. The summed E-state index contributed by atoms with van der Waals surface area (Å²) in [6.07, 6.45) is 11.3. The second-order valence-corrected chi connectivity index (χ2v) is 10.9. The van der Waals surface area contributed by atoms with Crippen LogP contribution in [0.25, 0.3) is 11.6 Å². The number of amides is 3. The number of allylic oxidation sites excluding steroid dienone is 5. The van der Waals surface area contributed by atoms with Crippen LogP contribution in [0.2, 0.25) is 0 Å². The molecule has 0 saturated heterocycles. The summed E-state index contributed by atoms with van der Waals surface area (Å²) in [5, 5.41) is 10.1. The van der Waals surface area contributed by atoms with E-state index >= 15 is 0 Å². The van der Waals surface area contributed by atoms with E-state index in [9.17, 15) is 14.4 Å². The van der Waals surface area contributed by atoms with Crippen molar-refractivity contribution < 1.29 is 14.4 Å². The number of nitrogens with one attached hydrogen (secondary N) is 2. The number of aromatic nitrogens is 2. The molecule has 0 bridgehead atoms. The molecule has 5 rings (SSSR count). The highest BCUT2D eigenvalue weighted by Crippen LogP contribution is 2.37. The summed E-state index contributed by atoms with van der Waals surface area (Å²) in [5.74, 6) is -0.598. The van der Waals surface area contributed by atoms with Crippen LogP contribution in [0.3, 0.4) is 0 Å². The van der Waals surface area contributed by atoms with Gasteiger partial charge in [0.15, 0.2) is 5.69 Å². The van der Waals surface area contributed by atoms with Crippen molar-refractivity contribution in [2.24, 2.45) is 7.05 Å². The fourth-order valence-electron chi connectivity index (χ4n) is 4.64. The summed E-state index contributed by atoms with van der Waals surface area (Å²) < 4.78 is 1.61. The van der Waals surface area contributed by atoms with Crippen molar-refractivity contribution in [2.75, 3.05) is 11.9 Å². The van der Waals surface area contributed by atoms with Gasteiger partial charge in [-0.3, -0.25) is 19.1 Å². The first-order valence-corrected chi connectivity index (χ1v) is 14.1. The molecular weight excluding hydrogens is 534 g/mol. The van der Waals surface area contributed by atoms with Gasteiger partial charge in [-0.25, -0.2) is 0 Å². The van der Waals surface area contributed by atoms with Gasteiger partial charge in [-0.2, -0.15) is 5.10 Å². The lowest BCUT2D eigenvalue weighted by Gasteiger charge is -2.24. The van der Waals surface area contributed by atoms with Gasteiger partial charge in [0.25, 0.3) is 17.7 Å². The largest absolute Gasteiger partial charge is 0.349 e. The van der Waals surface area contributed by atoms with E-state index in [0.29, 0.717) is 34.8 Å². The van der Waals surface area contributed by atoms with Gasteiger partial charge in [0.1, 0.15) is 0 Å². The van der Waals surface area contributed by atoms with E-state index in [4.69, 9.17) is 0 Å². The zero-order valence-corrected chi connectivity index (χ0v) is 23.7. The normalized spacial score (nSPS) is 14.8. The van der Waals surface area contributed by atoms with Crippen molar-refractivity contribution in [3.8, 4) is 0 Å². The lowest BCUT2D eigenvalue weighted by Crippen LogP contribution is -2.31. The van der Waals surface area contributed by atoms with Crippen LogP contribution in [-0.2, 0) is 13.5 Å². The molecular formula is C32H31N5O3S. The van der Waals surface area contributed by atoms with Crippen molar-refractivity contribution in [3.63, 3.8) is 0 Å². The number of carbonyl (C=O) groups excluding carboxylic acids is 3. The standard InChI is InChI=1S/C32H31N5O3S/c1-5-8-9-24-19-26(35-36(24)4)30(38)33-22-12-10-20(11-13-22)32(40)37-17-16-21-18-28(31(39)34-23-14-15-23)41-29(21)25(6-2)27(37)7-3/h5-13,18-19,23H,1-3,14-17H2,4H3,(H,33,38)(H,34,39)/b9-8-. The minimum Gasteiger partial charge on any atom is -0.349 e. The number of aryl methyl sites for hydroxylation is 1. The van der Waals surface area contributed by atoms with Crippen molar-refractivity contribution in [2.45, 2.75) is 25.3 Å². The van der Waals surface area contributed by atoms with Crippen LogP contribution < -0.4 is 10.6 Å². The lowest BCUT2D eigenvalue weighted by atomic mass is 10.1. The second-order valence-electron chi connectivity index (χ2n) is 9.83. The van der Waals surface area contributed by atoms with Crippen molar-refractivity contribution >= 4 is 46.4 Å². The Morgan fingerprint density at radius 1 is 1.05 bits per heavy atom. The molecule has 0 atom stereocenters. The van der Waals surface area contributed by atoms with E-state index in [-0.39, 0.29) is 29.5 Å². The summed E-state index contributed by atoms with van der Waals surface area (Å²) in [4.78, 5) is 42.4. The van der Waals surface area contributed by atoms with Crippen LogP contribution in [0.1, 0.15) is 59.5 Å². The quantitative estimate of drug-likeness (QED) is 0.330. The fraction of sp³-hybridized carbons (Fsp3) is 0.188. The molecule has 0 spiro atoms. The highest BCUT2D eigenvalue weighted by molar-refractivity contribution is 7.15. The maximum atomic E-state index is 13.7. The summed E-state index contributed by atoms with van der Waals surface area (Å²) in [6.45, 7) is 12.0. The van der Waals surface area contributed by atoms with Gasteiger partial charge in [0.05, 0.1) is 16.3 Å². The molecule has 2 aliphatic rings. The highest BCUT2D eigenvalue weighted by atomic mass is 32.1. The minimum atomic E-state index is -0.353. The maximum Gasteiger partial charge on any atom is 0.276 e. The summed E-state index contributed by atoms with van der Waals surface area (Å²) in [6, 6.07) is 10.6. The van der Waals surface area contributed by atoms with Gasteiger partial charge >= 0.3 is 0 Å². The third kappa shape index (κ3) is 5.90. The Hall–Kier alpha value is -4.76. The number of benzene rings is 1. The monoisotopic (exact) mass is 565 g/mol. The van der Waals surface area contributed by atoms with Crippen LogP contribution in [0.15, 0.2) is 86.1 Å². The summed E-state index contributed by atoms with van der Waals surface area (Å²) in [7, 11) is 1.76. The first kappa shape index (κ1) is 27.8. The Morgan fingerprint density at radius 2 is 1.80 bits per heavy atom. The number of carbonyl (C=O) groups is 3. The van der Waals surface area contributed by atoms with Crippen LogP contribution >= 0.6 is 11.3 Å². The average Bonchev–Trinajstić information content (AvgIpc) is 3.60. The SMILES string of the molecule is C=C/C=C\c1cc(C(=O)Nc2ccc(C(=O)N3CCc4cc(C(=O)NC5CC5)sc4C(C=C)=C3C=C)cc2)nn1C. The van der Waals surface area contributed by atoms with E-state index in [1.165, 1.54) is 11.3 Å². The van der Waals surface area contributed by atoms with Gasteiger partial charge in [-0.05, 0) is 73.4 Å². The molecule has 208 valence electrons. The van der Waals surface area contributed by atoms with Gasteiger partial charge in [0, 0.05) is 41.3 Å². The Labute approximate surface area is 243 Å². The zero-order chi connectivity index (χ0) is 29.1. The molecule has 3 amide bonds. The smallest absolute Gasteiger partial charge is 0.276 e. The van der Waals surface area contributed by atoms with Crippen LogP contribution in [0.4, 0.5) is 5.69 Å². The number of nitrogens with zero attached hydrogens (tertiary/aromatic N) is 3.